The van der Waals surface area contributed by atoms with Gasteiger partial charge in [-0.15, -0.1) is 0 Å². The first kappa shape index (κ1) is 30.9. The van der Waals surface area contributed by atoms with Gasteiger partial charge in [-0.3, -0.25) is 39.0 Å². The molecule has 0 fully saturated rings. The lowest BCUT2D eigenvalue weighted by atomic mass is 10.0. The molecule has 0 aromatic heterocycles. The first-order valence-electron chi connectivity index (χ1n) is 12.5. The molecule has 1 aliphatic rings. The maximum atomic E-state index is 12.6. The lowest BCUT2D eigenvalue weighted by molar-refractivity contribution is -0.384. The number of nitrogens with zero attached hydrogens (tertiary/aromatic N) is 2. The van der Waals surface area contributed by atoms with Gasteiger partial charge in [0.15, 0.2) is 0 Å². The molecule has 1 heterocycles. The molecule has 0 unspecified atom stereocenters. The van der Waals surface area contributed by atoms with Crippen molar-refractivity contribution in [1.82, 2.24) is 15.5 Å². The highest BCUT2D eigenvalue weighted by molar-refractivity contribution is 6.13. The van der Waals surface area contributed by atoms with E-state index in [4.69, 9.17) is 9.84 Å². The number of imide groups is 1. The van der Waals surface area contributed by atoms with Crippen LogP contribution in [0.3, 0.4) is 0 Å². The topological polar surface area (TPSA) is 214 Å². The van der Waals surface area contributed by atoms with Crippen LogP contribution in [0.4, 0.5) is 16.2 Å². The predicted molar refractivity (Wildman–Crippen MR) is 145 cm³/mol. The monoisotopic (exact) mass is 581 g/mol. The van der Waals surface area contributed by atoms with E-state index in [2.05, 4.69) is 16.0 Å². The number of rotatable bonds is 12. The first-order chi connectivity index (χ1) is 19.8. The second kappa shape index (κ2) is 13.6. The average Bonchev–Trinajstić information content (AvgIpc) is 3.25. The maximum absolute atomic E-state index is 12.6. The van der Waals surface area contributed by atoms with Crippen LogP contribution in [0, 0.1) is 10.1 Å². The Bertz CT molecular complexity index is 1440. The van der Waals surface area contributed by atoms with Gasteiger partial charge in [0.05, 0.1) is 4.92 Å². The number of nitro benzene ring substituents is 1. The summed E-state index contributed by atoms with van der Waals surface area (Å²) in [5.41, 5.74) is 1.07. The fraction of sp³-hybridized carbons (Fsp3) is 0.259. The third-order valence-electron chi connectivity index (χ3n) is 6.05. The van der Waals surface area contributed by atoms with Crippen molar-refractivity contribution in [3.8, 4) is 5.75 Å². The minimum Gasteiger partial charge on any atom is -0.449 e. The van der Waals surface area contributed by atoms with Crippen LogP contribution in [0.2, 0.25) is 0 Å². The summed E-state index contributed by atoms with van der Waals surface area (Å²) in [5.74, 6) is -2.83. The molecule has 15 heteroatoms. The summed E-state index contributed by atoms with van der Waals surface area (Å²) < 4.78 is 4.72. The molecule has 3 rings (SSSR count). The Labute approximate surface area is 238 Å². The van der Waals surface area contributed by atoms with Crippen LogP contribution in [0.5, 0.6) is 5.75 Å². The van der Waals surface area contributed by atoms with Gasteiger partial charge in [-0.25, -0.2) is 4.79 Å². The van der Waals surface area contributed by atoms with Gasteiger partial charge in [0.1, 0.15) is 17.8 Å². The van der Waals surface area contributed by atoms with Crippen molar-refractivity contribution in [3.63, 3.8) is 0 Å². The Morgan fingerprint density at radius 1 is 0.952 bits per heavy atom. The van der Waals surface area contributed by atoms with E-state index >= 15 is 0 Å². The lowest BCUT2D eigenvalue weighted by Gasteiger charge is -2.19. The highest BCUT2D eigenvalue weighted by atomic mass is 16.7. The zero-order valence-corrected chi connectivity index (χ0v) is 22.5. The number of carbonyl (C=O) groups is 6. The molecule has 2 aromatic carbocycles. The Morgan fingerprint density at radius 3 is 2.17 bits per heavy atom. The molecule has 42 heavy (non-hydrogen) atoms. The first-order valence-corrected chi connectivity index (χ1v) is 12.5. The number of nitro groups is 1. The van der Waals surface area contributed by atoms with Gasteiger partial charge in [-0.2, -0.15) is 0 Å². The second-order valence-electron chi connectivity index (χ2n) is 9.21. The summed E-state index contributed by atoms with van der Waals surface area (Å²) in [6, 6.07) is 7.94. The molecular formula is C27H27N5O10. The molecule has 0 spiro atoms. The smallest absolute Gasteiger partial charge is 0.449 e. The molecule has 0 radical (unpaired) electrons. The van der Waals surface area contributed by atoms with Crippen LogP contribution in [-0.4, -0.2) is 69.2 Å². The highest BCUT2D eigenvalue weighted by Crippen LogP contribution is 2.27. The number of hydrogen-bond acceptors (Lipinski definition) is 9. The molecule has 0 saturated carbocycles. The molecule has 220 valence electrons. The van der Waals surface area contributed by atoms with Crippen LogP contribution in [0.25, 0.3) is 0 Å². The summed E-state index contributed by atoms with van der Waals surface area (Å²) in [6.45, 7) is 2.73. The molecular weight excluding hydrogens is 554 g/mol. The number of carboxylic acid groups (broad SMARTS) is 1. The summed E-state index contributed by atoms with van der Waals surface area (Å²) in [6.07, 6.45) is 0.555. The standard InChI is InChI=1S/C27H27N5O10/c1-15(28-22(33)11-12-31-23(34)9-10-24(31)35)25(36)29-16(2)26(37)30-19-5-3-17(4-6-19)13-18-14-20(32(40)41)7-8-21(18)42-27(38)39/h3-10,14-16H,11-13H2,1-2H3,(H,28,33)(H,29,36)(H,30,37)(H,38,39)/t15-,16-/m0/s1. The number of benzene rings is 2. The van der Waals surface area contributed by atoms with Crippen molar-refractivity contribution in [2.24, 2.45) is 0 Å². The van der Waals surface area contributed by atoms with E-state index in [-0.39, 0.29) is 36.4 Å². The molecule has 1 aliphatic heterocycles. The number of nitrogens with one attached hydrogen (secondary N) is 3. The van der Waals surface area contributed by atoms with Crippen molar-refractivity contribution in [2.75, 3.05) is 11.9 Å². The van der Waals surface area contributed by atoms with E-state index < -0.39 is 52.7 Å². The number of hydrogen-bond donors (Lipinski definition) is 4. The number of ether oxygens (including phenoxy) is 1. The Morgan fingerprint density at radius 2 is 1.57 bits per heavy atom. The fourth-order valence-corrected chi connectivity index (χ4v) is 3.84. The minimum atomic E-state index is -1.56. The summed E-state index contributed by atoms with van der Waals surface area (Å²) in [4.78, 5) is 82.7. The lowest BCUT2D eigenvalue weighted by Crippen LogP contribution is -2.50. The van der Waals surface area contributed by atoms with Crippen molar-refractivity contribution in [1.29, 1.82) is 0 Å². The van der Waals surface area contributed by atoms with E-state index in [1.54, 1.807) is 24.3 Å². The third kappa shape index (κ3) is 8.45. The fourth-order valence-electron chi connectivity index (χ4n) is 3.84. The Kier molecular flexibility index (Phi) is 10.1. The van der Waals surface area contributed by atoms with Crippen LogP contribution >= 0.6 is 0 Å². The molecule has 2 aromatic rings. The van der Waals surface area contributed by atoms with Crippen LogP contribution in [-0.2, 0) is 30.4 Å². The molecule has 2 atom stereocenters. The van der Waals surface area contributed by atoms with Crippen LogP contribution in [0.1, 0.15) is 31.4 Å². The average molecular weight is 582 g/mol. The van der Waals surface area contributed by atoms with Crippen LogP contribution < -0.4 is 20.7 Å². The third-order valence-corrected chi connectivity index (χ3v) is 6.05. The quantitative estimate of drug-likeness (QED) is 0.0931. The molecule has 4 N–H and O–H groups in total. The van der Waals surface area contributed by atoms with E-state index in [9.17, 15) is 38.9 Å². The number of non-ortho nitro benzene ring substituents is 1. The molecule has 0 bridgehead atoms. The van der Waals surface area contributed by atoms with Crippen molar-refractivity contribution >= 4 is 47.1 Å². The molecule has 15 nitrogen and oxygen atoms in total. The number of carbonyl (C=O) groups excluding carboxylic acids is 5. The molecule has 5 amide bonds. The summed E-state index contributed by atoms with van der Waals surface area (Å²) in [5, 5.41) is 27.6. The van der Waals surface area contributed by atoms with Crippen LogP contribution in [0.15, 0.2) is 54.6 Å². The summed E-state index contributed by atoms with van der Waals surface area (Å²) in [7, 11) is 0. The number of anilines is 1. The zero-order chi connectivity index (χ0) is 31.0. The van der Waals surface area contributed by atoms with Gasteiger partial charge in [0.2, 0.25) is 17.7 Å². The van der Waals surface area contributed by atoms with Gasteiger partial charge >= 0.3 is 6.16 Å². The zero-order valence-electron chi connectivity index (χ0n) is 22.5. The largest absolute Gasteiger partial charge is 0.511 e. The van der Waals surface area contributed by atoms with Crippen molar-refractivity contribution in [3.05, 3.63) is 75.9 Å². The SMILES string of the molecule is C[C@H](NC(=O)CCN1C(=O)C=CC1=O)C(=O)N[C@@H](C)C(=O)Nc1ccc(Cc2cc([N+](=O)[O-])ccc2OC(=O)O)cc1. The summed E-state index contributed by atoms with van der Waals surface area (Å²) >= 11 is 0. The van der Waals surface area contributed by atoms with E-state index in [1.165, 1.54) is 26.0 Å². The second-order valence-corrected chi connectivity index (χ2v) is 9.21. The van der Waals surface area contributed by atoms with Gasteiger partial charge in [0, 0.05) is 54.9 Å². The van der Waals surface area contributed by atoms with Gasteiger partial charge < -0.3 is 25.8 Å². The van der Waals surface area contributed by atoms with Gasteiger partial charge in [0.25, 0.3) is 17.5 Å². The van der Waals surface area contributed by atoms with E-state index in [1.807, 2.05) is 0 Å². The Balaban J connectivity index is 1.51. The molecule has 0 aliphatic carbocycles. The van der Waals surface area contributed by atoms with Gasteiger partial charge in [-0.1, -0.05) is 12.1 Å². The predicted octanol–water partition coefficient (Wildman–Crippen LogP) is 1.51. The van der Waals surface area contributed by atoms with E-state index in [0.29, 0.717) is 11.3 Å². The minimum absolute atomic E-state index is 0.0467. The molecule has 0 saturated heterocycles. The highest BCUT2D eigenvalue weighted by Gasteiger charge is 2.25. The normalized spacial score (nSPS) is 13.7. The van der Waals surface area contributed by atoms with Crippen molar-refractivity contribution in [2.45, 2.75) is 38.8 Å². The number of amides is 5. The Hall–Kier alpha value is -5.60. The van der Waals surface area contributed by atoms with E-state index in [0.717, 1.165) is 23.1 Å². The van der Waals surface area contributed by atoms with Gasteiger partial charge in [-0.05, 0) is 37.6 Å². The maximum Gasteiger partial charge on any atom is 0.511 e. The van der Waals surface area contributed by atoms with Crippen molar-refractivity contribution < 1.29 is 43.5 Å².